The van der Waals surface area contributed by atoms with Gasteiger partial charge in [-0.3, -0.25) is 0 Å². The van der Waals surface area contributed by atoms with Gasteiger partial charge in [0.1, 0.15) is 0 Å². The predicted molar refractivity (Wildman–Crippen MR) is 77.2 cm³/mol. The second-order valence-electron chi connectivity index (χ2n) is 5.48. The summed E-state index contributed by atoms with van der Waals surface area (Å²) in [5, 5.41) is 0. The van der Waals surface area contributed by atoms with Gasteiger partial charge in [0.25, 0.3) is 0 Å². The summed E-state index contributed by atoms with van der Waals surface area (Å²) in [6.45, 7) is 1.96. The fraction of sp³-hybridized carbons (Fsp3) is 0.571. The molecule has 0 atom stereocenters. The summed E-state index contributed by atoms with van der Waals surface area (Å²) in [6.07, 6.45) is 3.48. The molecule has 4 nitrogen and oxygen atoms in total. The Morgan fingerprint density at radius 1 is 1.26 bits per heavy atom. The molecule has 3 N–H and O–H groups in total. The van der Waals surface area contributed by atoms with Crippen molar-refractivity contribution < 1.29 is 8.42 Å². The minimum Gasteiger partial charge on any atom is -0.328 e. The Balaban J connectivity index is 1.95. The molecule has 0 unspecified atom stereocenters. The van der Waals surface area contributed by atoms with E-state index in [0.717, 1.165) is 36.8 Å². The molecule has 0 aliphatic heterocycles. The zero-order chi connectivity index (χ0) is 13.9. The largest absolute Gasteiger partial charge is 0.328 e. The Morgan fingerprint density at radius 2 is 1.95 bits per heavy atom. The normalized spacial score (nSPS) is 24.3. The van der Waals surface area contributed by atoms with Crippen LogP contribution in [0.1, 0.15) is 36.8 Å². The lowest BCUT2D eigenvalue weighted by molar-refractivity contribution is 0.373. The predicted octanol–water partition coefficient (Wildman–Crippen LogP) is 1.68. The molecule has 1 aliphatic carbocycles. The molecule has 1 aliphatic rings. The van der Waals surface area contributed by atoms with E-state index in [4.69, 9.17) is 5.73 Å². The molecule has 0 radical (unpaired) electrons. The average molecular weight is 282 g/mol. The van der Waals surface area contributed by atoms with Crippen LogP contribution in [0.2, 0.25) is 0 Å². The Morgan fingerprint density at radius 3 is 2.58 bits per heavy atom. The molecule has 0 aromatic heterocycles. The van der Waals surface area contributed by atoms with E-state index < -0.39 is 10.0 Å². The lowest BCUT2D eigenvalue weighted by Crippen LogP contribution is -2.40. The van der Waals surface area contributed by atoms with E-state index in [1.807, 2.05) is 31.2 Å². The Labute approximate surface area is 115 Å². The fourth-order valence-electron chi connectivity index (χ4n) is 2.55. The highest BCUT2D eigenvalue weighted by Crippen LogP contribution is 2.18. The van der Waals surface area contributed by atoms with Crippen LogP contribution in [0.5, 0.6) is 0 Å². The van der Waals surface area contributed by atoms with E-state index in [2.05, 4.69) is 4.72 Å². The van der Waals surface area contributed by atoms with E-state index in [1.54, 1.807) is 0 Å². The monoisotopic (exact) mass is 282 g/mol. The van der Waals surface area contributed by atoms with Crippen molar-refractivity contribution in [2.45, 2.75) is 50.4 Å². The summed E-state index contributed by atoms with van der Waals surface area (Å²) in [5.74, 6) is 0.0528. The molecule has 0 heterocycles. The van der Waals surface area contributed by atoms with Crippen molar-refractivity contribution in [3.63, 3.8) is 0 Å². The number of hydrogen-bond acceptors (Lipinski definition) is 3. The van der Waals surface area contributed by atoms with Crippen molar-refractivity contribution in [2.24, 2.45) is 5.73 Å². The van der Waals surface area contributed by atoms with Gasteiger partial charge in [0.2, 0.25) is 10.0 Å². The van der Waals surface area contributed by atoms with E-state index in [9.17, 15) is 8.42 Å². The summed E-state index contributed by atoms with van der Waals surface area (Å²) < 4.78 is 27.0. The second kappa shape index (κ2) is 6.03. The first-order chi connectivity index (χ1) is 8.94. The van der Waals surface area contributed by atoms with E-state index in [0.29, 0.717) is 0 Å². The van der Waals surface area contributed by atoms with Gasteiger partial charge in [-0.05, 0) is 38.2 Å². The first-order valence-corrected chi connectivity index (χ1v) is 8.41. The first kappa shape index (κ1) is 14.5. The van der Waals surface area contributed by atoms with Gasteiger partial charge in [-0.25, -0.2) is 13.1 Å². The highest BCUT2D eigenvalue weighted by Gasteiger charge is 2.23. The van der Waals surface area contributed by atoms with Gasteiger partial charge < -0.3 is 5.73 Å². The van der Waals surface area contributed by atoms with Crippen molar-refractivity contribution in [1.82, 2.24) is 4.72 Å². The van der Waals surface area contributed by atoms with Gasteiger partial charge in [-0.2, -0.15) is 0 Å². The summed E-state index contributed by atoms with van der Waals surface area (Å²) in [5.41, 5.74) is 7.74. The van der Waals surface area contributed by atoms with Crippen molar-refractivity contribution in [3.8, 4) is 0 Å². The smallest absolute Gasteiger partial charge is 0.216 e. The lowest BCUT2D eigenvalue weighted by Gasteiger charge is -2.26. The Hall–Kier alpha value is -0.910. The lowest BCUT2D eigenvalue weighted by atomic mass is 9.93. The highest BCUT2D eigenvalue weighted by molar-refractivity contribution is 7.88. The summed E-state index contributed by atoms with van der Waals surface area (Å²) in [6, 6.07) is 7.90. The maximum atomic E-state index is 12.1. The van der Waals surface area contributed by atoms with Crippen molar-refractivity contribution >= 4 is 10.0 Å². The molecule has 0 spiro atoms. The third-order valence-corrected chi connectivity index (χ3v) is 4.96. The number of sulfonamides is 1. The molecule has 5 heteroatoms. The van der Waals surface area contributed by atoms with Gasteiger partial charge in [0.15, 0.2) is 0 Å². The number of hydrogen-bond donors (Lipinski definition) is 2. The quantitative estimate of drug-likeness (QED) is 0.882. The summed E-state index contributed by atoms with van der Waals surface area (Å²) in [4.78, 5) is 0. The third kappa shape index (κ3) is 4.60. The number of nitrogens with two attached hydrogens (primary N) is 1. The Kier molecular flexibility index (Phi) is 4.60. The zero-order valence-corrected chi connectivity index (χ0v) is 12.1. The molecule has 0 amide bonds. The molecule has 19 heavy (non-hydrogen) atoms. The molecule has 0 saturated heterocycles. The highest BCUT2D eigenvalue weighted by atomic mass is 32.2. The van der Waals surface area contributed by atoms with Crippen LogP contribution in [0, 0.1) is 6.92 Å². The van der Waals surface area contributed by atoms with E-state index in [1.165, 1.54) is 0 Å². The number of benzene rings is 1. The number of rotatable bonds is 4. The van der Waals surface area contributed by atoms with Crippen LogP contribution in [-0.2, 0) is 15.8 Å². The molecule has 1 saturated carbocycles. The summed E-state index contributed by atoms with van der Waals surface area (Å²) in [7, 11) is -3.26. The molecular weight excluding hydrogens is 260 g/mol. The van der Waals surface area contributed by atoms with Gasteiger partial charge >= 0.3 is 0 Å². The van der Waals surface area contributed by atoms with E-state index >= 15 is 0 Å². The maximum absolute atomic E-state index is 12.1. The van der Waals surface area contributed by atoms with Crippen LogP contribution >= 0.6 is 0 Å². The van der Waals surface area contributed by atoms with Crippen molar-refractivity contribution in [1.29, 1.82) is 0 Å². The van der Waals surface area contributed by atoms with Gasteiger partial charge in [0.05, 0.1) is 5.75 Å². The summed E-state index contributed by atoms with van der Waals surface area (Å²) >= 11 is 0. The minimum atomic E-state index is -3.26. The second-order valence-corrected chi connectivity index (χ2v) is 7.23. The fourth-order valence-corrected chi connectivity index (χ4v) is 4.00. The van der Waals surface area contributed by atoms with Crippen LogP contribution in [-0.4, -0.2) is 20.5 Å². The number of aryl methyl sites for hydroxylation is 1. The minimum absolute atomic E-state index is 0.0506. The maximum Gasteiger partial charge on any atom is 0.216 e. The first-order valence-electron chi connectivity index (χ1n) is 6.76. The van der Waals surface area contributed by atoms with Crippen molar-refractivity contribution in [2.75, 3.05) is 0 Å². The van der Waals surface area contributed by atoms with Crippen LogP contribution in [0.4, 0.5) is 0 Å². The SMILES string of the molecule is Cc1cccc(CS(=O)(=O)NC2CCC(N)CC2)c1. The average Bonchev–Trinajstić information content (AvgIpc) is 2.31. The molecule has 1 fully saturated rings. The van der Waals surface area contributed by atoms with Crippen LogP contribution in [0.3, 0.4) is 0 Å². The standard InChI is InChI=1S/C14H22N2O2S/c1-11-3-2-4-12(9-11)10-19(17,18)16-14-7-5-13(15)6-8-14/h2-4,9,13-14,16H,5-8,10,15H2,1H3. The van der Waals surface area contributed by atoms with Crippen LogP contribution < -0.4 is 10.5 Å². The molecule has 1 aromatic rings. The molecule has 1 aromatic carbocycles. The molecular formula is C14H22N2O2S. The molecule has 2 rings (SSSR count). The van der Waals surface area contributed by atoms with Crippen LogP contribution in [0.15, 0.2) is 24.3 Å². The molecule has 0 bridgehead atoms. The van der Waals surface area contributed by atoms with Gasteiger partial charge in [-0.15, -0.1) is 0 Å². The van der Waals surface area contributed by atoms with Gasteiger partial charge in [0, 0.05) is 12.1 Å². The van der Waals surface area contributed by atoms with Crippen LogP contribution in [0.25, 0.3) is 0 Å². The van der Waals surface area contributed by atoms with Crippen molar-refractivity contribution in [3.05, 3.63) is 35.4 Å². The zero-order valence-electron chi connectivity index (χ0n) is 11.3. The third-order valence-electron chi connectivity index (χ3n) is 3.56. The van der Waals surface area contributed by atoms with Gasteiger partial charge in [-0.1, -0.05) is 29.8 Å². The molecule has 106 valence electrons. The topological polar surface area (TPSA) is 72.2 Å². The Bertz CT molecular complexity index is 520. The van der Waals surface area contributed by atoms with E-state index in [-0.39, 0.29) is 17.8 Å². The number of nitrogens with one attached hydrogen (secondary N) is 1.